The Morgan fingerprint density at radius 1 is 1.40 bits per heavy atom. The van der Waals surface area contributed by atoms with E-state index in [1.54, 1.807) is 24.3 Å². The topological polar surface area (TPSA) is 75.7 Å². The lowest BCUT2D eigenvalue weighted by atomic mass is 10.2. The second kappa shape index (κ2) is 3.65. The lowest BCUT2D eigenvalue weighted by molar-refractivity contribution is -0.563. The number of aromatic nitrogens is 1. The molecule has 0 radical (unpaired) electrons. The molecule has 0 N–H and O–H groups in total. The lowest BCUT2D eigenvalue weighted by Crippen LogP contribution is -2.27. The Balaban J connectivity index is 2.90. The Morgan fingerprint density at radius 3 is 2.87 bits per heavy atom. The number of halogens is 1. The molecule has 2 rings (SSSR count). The van der Waals surface area contributed by atoms with E-state index >= 15 is 0 Å². The van der Waals surface area contributed by atoms with Gasteiger partial charge in [-0.15, -0.1) is 0 Å². The minimum absolute atomic E-state index is 0.0544. The number of benzene rings is 1. The van der Waals surface area contributed by atoms with Gasteiger partial charge in [0.05, 0.1) is 11.1 Å². The molecule has 0 unspecified atom stereocenters. The van der Waals surface area contributed by atoms with Crippen LogP contribution in [0.2, 0.25) is 5.02 Å². The zero-order chi connectivity index (χ0) is 10.8. The van der Waals surface area contributed by atoms with Crippen molar-refractivity contribution in [2.24, 2.45) is 5.11 Å². The molecule has 0 spiro atoms. The van der Waals surface area contributed by atoms with E-state index in [0.29, 0.717) is 20.7 Å². The van der Waals surface area contributed by atoms with Crippen molar-refractivity contribution in [3.05, 3.63) is 51.0 Å². The van der Waals surface area contributed by atoms with Gasteiger partial charge in [0.1, 0.15) is 5.52 Å². The molecule has 0 saturated heterocycles. The number of para-hydroxylation sites is 1. The number of pyridine rings is 1. The molecule has 0 saturated carbocycles. The summed E-state index contributed by atoms with van der Waals surface area (Å²) in [5.74, 6) is -0.0544. The van der Waals surface area contributed by atoms with Gasteiger partial charge >= 0.3 is 10.9 Å². The van der Waals surface area contributed by atoms with E-state index in [0.717, 1.165) is 0 Å². The molecule has 6 heteroatoms. The Labute approximate surface area is 89.7 Å². The third kappa shape index (κ3) is 1.54. The van der Waals surface area contributed by atoms with Gasteiger partial charge in [0.25, 0.3) is 0 Å². The first-order valence-electron chi connectivity index (χ1n) is 4.10. The predicted molar refractivity (Wildman–Crippen MR) is 56.7 cm³/mol. The van der Waals surface area contributed by atoms with Crippen LogP contribution < -0.4 is 4.73 Å². The summed E-state index contributed by atoms with van der Waals surface area (Å²) in [6.07, 6.45) is 0. The summed E-state index contributed by atoms with van der Waals surface area (Å²) in [5, 5.41) is 15.9. The first-order chi connectivity index (χ1) is 7.24. The molecule has 0 fully saturated rings. The Bertz CT molecular complexity index is 578. The highest BCUT2D eigenvalue weighted by Crippen LogP contribution is 2.24. The molecule has 0 bridgehead atoms. The molecule has 0 aliphatic heterocycles. The summed E-state index contributed by atoms with van der Waals surface area (Å²) in [5.41, 5.74) is 8.65. The minimum Gasteiger partial charge on any atom is -0.710 e. The van der Waals surface area contributed by atoms with Crippen LogP contribution in [0.5, 0.6) is 0 Å². The molecule has 5 nitrogen and oxygen atoms in total. The zero-order valence-electron chi connectivity index (χ0n) is 7.46. The number of nitrogens with zero attached hydrogens (tertiary/aromatic N) is 4. The maximum atomic E-state index is 11.7. The minimum atomic E-state index is -0.0544. The first kappa shape index (κ1) is 9.58. The predicted octanol–water partition coefficient (Wildman–Crippen LogP) is 3.07. The number of azide groups is 1. The number of hydrogen-bond donors (Lipinski definition) is 0. The van der Waals surface area contributed by atoms with E-state index < -0.39 is 0 Å². The van der Waals surface area contributed by atoms with Crippen molar-refractivity contribution >= 4 is 28.3 Å². The van der Waals surface area contributed by atoms with Gasteiger partial charge in [-0.2, -0.15) is 0 Å². The van der Waals surface area contributed by atoms with Gasteiger partial charge in [0.2, 0.25) is 4.91 Å². The smallest absolute Gasteiger partial charge is 0.421 e. The van der Waals surface area contributed by atoms with Crippen LogP contribution in [0.4, 0.5) is 5.82 Å². The van der Waals surface area contributed by atoms with Crippen LogP contribution in [0.3, 0.4) is 0 Å². The van der Waals surface area contributed by atoms with E-state index in [-0.39, 0.29) is 5.82 Å². The number of rotatable bonds is 1. The summed E-state index contributed by atoms with van der Waals surface area (Å²) in [4.78, 5) is 2.56. The van der Waals surface area contributed by atoms with Crippen LogP contribution in [0.1, 0.15) is 0 Å². The Kier molecular flexibility index (Phi) is 2.33. The van der Waals surface area contributed by atoms with Crippen molar-refractivity contribution in [3.63, 3.8) is 0 Å². The molecule has 0 aliphatic rings. The quantitative estimate of drug-likeness (QED) is 0.239. The molecular weight excluding hydrogens is 216 g/mol. The molecule has 0 aliphatic carbocycles. The summed E-state index contributed by atoms with van der Waals surface area (Å²) < 4.78 is 0.556. The number of fused-ring (bicyclic) bond motifs is 1. The second-order valence-corrected chi connectivity index (χ2v) is 3.26. The maximum Gasteiger partial charge on any atom is 0.421 e. The van der Waals surface area contributed by atoms with Gasteiger partial charge in [0, 0.05) is 10.9 Å². The Morgan fingerprint density at radius 2 is 2.13 bits per heavy atom. The van der Waals surface area contributed by atoms with Gasteiger partial charge < -0.3 is 5.21 Å². The molecule has 74 valence electrons. The van der Waals surface area contributed by atoms with Crippen LogP contribution in [-0.4, -0.2) is 0 Å². The van der Waals surface area contributed by atoms with E-state index in [9.17, 15) is 5.21 Å². The SMILES string of the molecule is [N-]=[N+]=Nc1cc(Cl)c2ccccc2[n+]1[O-]. The molecule has 1 aromatic heterocycles. The zero-order valence-corrected chi connectivity index (χ0v) is 8.22. The molecule has 15 heavy (non-hydrogen) atoms. The highest BCUT2D eigenvalue weighted by atomic mass is 35.5. The summed E-state index contributed by atoms with van der Waals surface area (Å²) in [7, 11) is 0. The van der Waals surface area contributed by atoms with E-state index in [2.05, 4.69) is 10.0 Å². The van der Waals surface area contributed by atoms with Crippen molar-refractivity contribution in [1.29, 1.82) is 0 Å². The van der Waals surface area contributed by atoms with Crippen LogP contribution in [0.25, 0.3) is 21.3 Å². The van der Waals surface area contributed by atoms with Crippen molar-refractivity contribution < 1.29 is 4.73 Å². The van der Waals surface area contributed by atoms with Gasteiger partial charge in [-0.3, -0.25) is 0 Å². The fourth-order valence-corrected chi connectivity index (χ4v) is 1.60. The summed E-state index contributed by atoms with van der Waals surface area (Å²) >= 11 is 5.93. The average molecular weight is 221 g/mol. The van der Waals surface area contributed by atoms with Gasteiger partial charge in [-0.25, -0.2) is 4.73 Å². The highest BCUT2D eigenvalue weighted by molar-refractivity contribution is 6.35. The summed E-state index contributed by atoms with van der Waals surface area (Å²) in [6, 6.07) is 8.18. The van der Waals surface area contributed by atoms with Crippen molar-refractivity contribution in [2.75, 3.05) is 0 Å². The Hall–Kier alpha value is -1.97. The van der Waals surface area contributed by atoms with Crippen molar-refractivity contribution in [1.82, 2.24) is 0 Å². The largest absolute Gasteiger partial charge is 0.710 e. The molecular formula is C9H5ClN4O. The third-order valence-corrected chi connectivity index (χ3v) is 2.30. The van der Waals surface area contributed by atoms with Gasteiger partial charge in [-0.1, -0.05) is 23.7 Å². The van der Waals surface area contributed by atoms with E-state index in [1.165, 1.54) is 6.07 Å². The van der Waals surface area contributed by atoms with Crippen LogP contribution in [-0.2, 0) is 0 Å². The van der Waals surface area contributed by atoms with Crippen LogP contribution >= 0.6 is 11.6 Å². The fraction of sp³-hybridized carbons (Fsp3) is 0. The van der Waals surface area contributed by atoms with Crippen molar-refractivity contribution in [3.8, 4) is 0 Å². The standard InChI is InChI=1S/C9H5ClN4O/c10-7-5-9(12-13-11)14(15)8-4-2-1-3-6(7)8/h1-5H. The van der Waals surface area contributed by atoms with Gasteiger partial charge in [-0.05, 0) is 12.1 Å². The molecule has 1 heterocycles. The second-order valence-electron chi connectivity index (χ2n) is 2.85. The fourth-order valence-electron chi connectivity index (χ4n) is 1.34. The van der Waals surface area contributed by atoms with E-state index in [1.807, 2.05) is 0 Å². The summed E-state index contributed by atoms with van der Waals surface area (Å²) in [6.45, 7) is 0. The molecule has 0 atom stereocenters. The normalized spacial score (nSPS) is 9.93. The highest BCUT2D eigenvalue weighted by Gasteiger charge is 2.16. The maximum absolute atomic E-state index is 11.7. The van der Waals surface area contributed by atoms with Crippen molar-refractivity contribution in [2.45, 2.75) is 0 Å². The monoisotopic (exact) mass is 220 g/mol. The molecule has 1 aromatic carbocycles. The first-order valence-corrected chi connectivity index (χ1v) is 4.48. The average Bonchev–Trinajstić information content (AvgIpc) is 2.26. The third-order valence-electron chi connectivity index (χ3n) is 1.99. The molecule has 0 amide bonds. The lowest BCUT2D eigenvalue weighted by Gasteiger charge is -2.06. The van der Waals surface area contributed by atoms with Crippen LogP contribution in [0, 0.1) is 5.21 Å². The van der Waals surface area contributed by atoms with E-state index in [4.69, 9.17) is 17.1 Å². The molecule has 2 aromatic rings. The van der Waals surface area contributed by atoms with Crippen LogP contribution in [0.15, 0.2) is 35.4 Å². The van der Waals surface area contributed by atoms with Gasteiger partial charge in [0.15, 0.2) is 0 Å². The number of hydrogen-bond acceptors (Lipinski definition) is 2.